The largest absolute Gasteiger partial charge is 0.326 e. The molecule has 60 valence electrons. The van der Waals surface area contributed by atoms with Gasteiger partial charge in [0.2, 0.25) is 0 Å². The van der Waals surface area contributed by atoms with E-state index in [9.17, 15) is 0 Å². The van der Waals surface area contributed by atoms with Gasteiger partial charge in [-0.25, -0.2) is 0 Å². The monoisotopic (exact) mass is 141 g/mol. The first-order chi connectivity index (χ1) is 4.49. The van der Waals surface area contributed by atoms with E-state index < -0.39 is 0 Å². The van der Waals surface area contributed by atoms with Gasteiger partial charge in [0.15, 0.2) is 0 Å². The number of rotatable bonds is 3. The van der Waals surface area contributed by atoms with Crippen LogP contribution in [0.15, 0.2) is 0 Å². The van der Waals surface area contributed by atoms with Gasteiger partial charge in [-0.2, -0.15) is 0 Å². The third kappa shape index (κ3) is 2.70. The Morgan fingerprint density at radius 1 is 1.50 bits per heavy atom. The van der Waals surface area contributed by atoms with Crippen molar-refractivity contribution in [2.75, 3.05) is 0 Å². The van der Waals surface area contributed by atoms with Crippen LogP contribution in [0.4, 0.5) is 0 Å². The predicted molar refractivity (Wildman–Crippen MR) is 44.8 cm³/mol. The summed E-state index contributed by atoms with van der Waals surface area (Å²) < 4.78 is 0. The standard InChI is InChI=1S/C9H19N/c1-7(8-4-5-8)6-9(2,3)10/h7-8H,4-6,10H2,1-3H3. The third-order valence-electron chi connectivity index (χ3n) is 2.27. The summed E-state index contributed by atoms with van der Waals surface area (Å²) in [5.41, 5.74) is 5.95. The van der Waals surface area contributed by atoms with E-state index in [0.717, 1.165) is 11.8 Å². The van der Waals surface area contributed by atoms with Gasteiger partial charge in [-0.1, -0.05) is 6.92 Å². The minimum Gasteiger partial charge on any atom is -0.326 e. The second-order valence-corrected chi connectivity index (χ2v) is 4.51. The number of hydrogen-bond donors (Lipinski definition) is 1. The van der Waals surface area contributed by atoms with Gasteiger partial charge in [0.05, 0.1) is 0 Å². The fourth-order valence-electron chi connectivity index (χ4n) is 1.66. The quantitative estimate of drug-likeness (QED) is 0.640. The Kier molecular flexibility index (Phi) is 2.04. The van der Waals surface area contributed by atoms with E-state index in [-0.39, 0.29) is 5.54 Å². The van der Waals surface area contributed by atoms with Crippen LogP contribution in [0, 0.1) is 11.8 Å². The molecule has 1 saturated carbocycles. The van der Waals surface area contributed by atoms with Crippen LogP contribution in [-0.2, 0) is 0 Å². The van der Waals surface area contributed by atoms with Crippen LogP contribution in [0.5, 0.6) is 0 Å². The minimum atomic E-state index is 0.0437. The molecule has 0 spiro atoms. The molecule has 1 unspecified atom stereocenters. The lowest BCUT2D eigenvalue weighted by Gasteiger charge is -2.22. The molecule has 0 bridgehead atoms. The number of hydrogen-bond acceptors (Lipinski definition) is 1. The van der Waals surface area contributed by atoms with Gasteiger partial charge >= 0.3 is 0 Å². The topological polar surface area (TPSA) is 26.0 Å². The lowest BCUT2D eigenvalue weighted by atomic mass is 9.90. The molecule has 10 heavy (non-hydrogen) atoms. The Bertz CT molecular complexity index is 108. The molecule has 0 saturated heterocycles. The van der Waals surface area contributed by atoms with Crippen molar-refractivity contribution in [1.29, 1.82) is 0 Å². The van der Waals surface area contributed by atoms with Crippen LogP contribution < -0.4 is 5.73 Å². The van der Waals surface area contributed by atoms with Crippen LogP contribution >= 0.6 is 0 Å². The van der Waals surface area contributed by atoms with Crippen molar-refractivity contribution in [1.82, 2.24) is 0 Å². The van der Waals surface area contributed by atoms with Gasteiger partial charge in [0, 0.05) is 5.54 Å². The Hall–Kier alpha value is -0.0400. The van der Waals surface area contributed by atoms with E-state index in [0.29, 0.717) is 0 Å². The van der Waals surface area contributed by atoms with Crippen LogP contribution in [0.2, 0.25) is 0 Å². The molecule has 0 aromatic heterocycles. The SMILES string of the molecule is CC(CC(C)(C)N)C1CC1. The van der Waals surface area contributed by atoms with Crippen molar-refractivity contribution in [3.8, 4) is 0 Å². The predicted octanol–water partition coefficient (Wildman–Crippen LogP) is 2.16. The molecule has 0 aromatic carbocycles. The van der Waals surface area contributed by atoms with Gasteiger partial charge in [-0.05, 0) is 44.9 Å². The first-order valence-electron chi connectivity index (χ1n) is 4.28. The van der Waals surface area contributed by atoms with Crippen molar-refractivity contribution in [2.24, 2.45) is 17.6 Å². The van der Waals surface area contributed by atoms with E-state index in [1.54, 1.807) is 0 Å². The van der Waals surface area contributed by atoms with E-state index in [1.807, 2.05) is 0 Å². The molecular weight excluding hydrogens is 122 g/mol. The Balaban J connectivity index is 2.23. The highest BCUT2D eigenvalue weighted by Gasteiger charge is 2.30. The minimum absolute atomic E-state index is 0.0437. The summed E-state index contributed by atoms with van der Waals surface area (Å²) in [6, 6.07) is 0. The zero-order valence-corrected chi connectivity index (χ0v) is 7.35. The summed E-state index contributed by atoms with van der Waals surface area (Å²) in [7, 11) is 0. The summed E-state index contributed by atoms with van der Waals surface area (Å²) in [4.78, 5) is 0. The molecule has 0 heterocycles. The number of nitrogens with two attached hydrogens (primary N) is 1. The van der Waals surface area contributed by atoms with Gasteiger partial charge in [0.25, 0.3) is 0 Å². The van der Waals surface area contributed by atoms with Crippen molar-refractivity contribution in [2.45, 2.75) is 45.6 Å². The zero-order valence-electron chi connectivity index (χ0n) is 7.35. The van der Waals surface area contributed by atoms with Crippen molar-refractivity contribution in [3.63, 3.8) is 0 Å². The lowest BCUT2D eigenvalue weighted by Crippen LogP contribution is -2.34. The van der Waals surface area contributed by atoms with E-state index in [2.05, 4.69) is 20.8 Å². The normalized spacial score (nSPS) is 22.8. The molecule has 0 amide bonds. The first-order valence-corrected chi connectivity index (χ1v) is 4.28. The van der Waals surface area contributed by atoms with Crippen molar-refractivity contribution in [3.05, 3.63) is 0 Å². The molecule has 1 aliphatic rings. The molecule has 1 fully saturated rings. The van der Waals surface area contributed by atoms with Gasteiger partial charge in [-0.15, -0.1) is 0 Å². The molecule has 0 aromatic rings. The fourth-order valence-corrected chi connectivity index (χ4v) is 1.66. The van der Waals surface area contributed by atoms with Crippen LogP contribution in [0.25, 0.3) is 0 Å². The summed E-state index contributed by atoms with van der Waals surface area (Å²) >= 11 is 0. The summed E-state index contributed by atoms with van der Waals surface area (Å²) in [5.74, 6) is 1.85. The second-order valence-electron chi connectivity index (χ2n) is 4.51. The van der Waals surface area contributed by atoms with Crippen LogP contribution in [0.3, 0.4) is 0 Å². The molecule has 0 radical (unpaired) electrons. The van der Waals surface area contributed by atoms with Gasteiger partial charge in [0.1, 0.15) is 0 Å². The lowest BCUT2D eigenvalue weighted by molar-refractivity contribution is 0.351. The third-order valence-corrected chi connectivity index (χ3v) is 2.27. The average Bonchev–Trinajstić information content (AvgIpc) is 2.35. The summed E-state index contributed by atoms with van der Waals surface area (Å²) in [5, 5.41) is 0. The smallest absolute Gasteiger partial charge is 0.00996 e. The summed E-state index contributed by atoms with van der Waals surface area (Å²) in [6.07, 6.45) is 4.06. The molecular formula is C9H19N. The van der Waals surface area contributed by atoms with E-state index in [1.165, 1.54) is 19.3 Å². The van der Waals surface area contributed by atoms with E-state index in [4.69, 9.17) is 5.73 Å². The Labute approximate surface area is 64.0 Å². The van der Waals surface area contributed by atoms with Crippen LogP contribution in [0.1, 0.15) is 40.0 Å². The highest BCUT2D eigenvalue weighted by atomic mass is 14.7. The molecule has 0 aliphatic heterocycles. The van der Waals surface area contributed by atoms with Crippen LogP contribution in [-0.4, -0.2) is 5.54 Å². The average molecular weight is 141 g/mol. The Morgan fingerprint density at radius 2 is 2.00 bits per heavy atom. The molecule has 2 N–H and O–H groups in total. The maximum absolute atomic E-state index is 5.90. The molecule has 1 atom stereocenters. The summed E-state index contributed by atoms with van der Waals surface area (Å²) in [6.45, 7) is 6.56. The van der Waals surface area contributed by atoms with Gasteiger partial charge in [-0.3, -0.25) is 0 Å². The maximum Gasteiger partial charge on any atom is 0.00996 e. The molecule has 1 aliphatic carbocycles. The molecule has 1 heteroatoms. The van der Waals surface area contributed by atoms with Crippen molar-refractivity contribution >= 4 is 0 Å². The Morgan fingerprint density at radius 3 is 2.30 bits per heavy atom. The first kappa shape index (κ1) is 8.06. The van der Waals surface area contributed by atoms with Gasteiger partial charge < -0.3 is 5.73 Å². The van der Waals surface area contributed by atoms with E-state index >= 15 is 0 Å². The van der Waals surface area contributed by atoms with Crippen molar-refractivity contribution < 1.29 is 0 Å². The maximum atomic E-state index is 5.90. The second kappa shape index (κ2) is 2.54. The molecule has 1 nitrogen and oxygen atoms in total. The molecule has 1 rings (SSSR count). The highest BCUT2D eigenvalue weighted by molar-refractivity contribution is 4.84. The zero-order chi connectivity index (χ0) is 7.78. The highest BCUT2D eigenvalue weighted by Crippen LogP contribution is 2.39. The fraction of sp³-hybridized carbons (Fsp3) is 1.00.